The number of anilines is 1. The molecule has 0 bridgehead atoms. The molecule has 0 spiro atoms. The average Bonchev–Trinajstić information content (AvgIpc) is 3.13. The Bertz CT molecular complexity index is 1790. The van der Waals surface area contributed by atoms with Gasteiger partial charge in [0, 0.05) is 16.3 Å². The number of nitrogens with one attached hydrogen (secondary N) is 2. The Hall–Kier alpha value is -4.60. The van der Waals surface area contributed by atoms with Crippen molar-refractivity contribution in [2.75, 3.05) is 30.1 Å². The number of carbonyl (C=O) groups excluding carboxylic acids is 4. The topological polar surface area (TPSA) is 177 Å². The summed E-state index contributed by atoms with van der Waals surface area (Å²) in [6.45, 7) is 7.88. The largest absolute Gasteiger partial charge is 0.484 e. The van der Waals surface area contributed by atoms with Gasteiger partial charge in [0.05, 0.1) is 12.6 Å². The van der Waals surface area contributed by atoms with Crippen LogP contribution in [0, 0.1) is 17.2 Å². The van der Waals surface area contributed by atoms with E-state index < -0.39 is 77.6 Å². The van der Waals surface area contributed by atoms with Gasteiger partial charge in [-0.05, 0) is 77.2 Å². The Morgan fingerprint density at radius 3 is 2.15 bits per heavy atom. The van der Waals surface area contributed by atoms with Crippen LogP contribution in [0.4, 0.5) is 10.1 Å². The molecule has 0 saturated carbocycles. The number of carbonyl (C=O) groups is 5. The minimum Gasteiger partial charge on any atom is -0.484 e. The summed E-state index contributed by atoms with van der Waals surface area (Å²) in [5, 5.41) is 13.7. The van der Waals surface area contributed by atoms with Crippen LogP contribution in [0.5, 0.6) is 5.75 Å². The van der Waals surface area contributed by atoms with E-state index in [-0.39, 0.29) is 17.6 Å². The standard InChI is InChI=1S/C39H47FN4O8S2/c1-22(2)32(41)38(50)52-29(23-9-17-28(53-6)18-10-23)21-54-34-33(44(36(34)47)26-13-11-25(40)12-14-26)24-7-15-27(16-8-24)51-20-31(46)42-19-30(45)43-35(37(48)49)39(3,4)5/h7-18,22,29,32-35H,19-21,41H2,1-6H3,(H,42,46)(H,43,45)(H,48,49)/t29?,32-,33+,34+,35-/m0/s1. The highest BCUT2D eigenvalue weighted by Gasteiger charge is 2.49. The van der Waals surface area contributed by atoms with Crippen molar-refractivity contribution in [2.45, 2.75) is 69.0 Å². The molecule has 5 atom stereocenters. The van der Waals surface area contributed by atoms with Gasteiger partial charge in [0.2, 0.25) is 11.8 Å². The number of hydrogen-bond acceptors (Lipinski definition) is 10. The van der Waals surface area contributed by atoms with Crippen LogP contribution in [-0.4, -0.2) is 77.3 Å². The molecule has 1 unspecified atom stereocenters. The zero-order valence-electron chi connectivity index (χ0n) is 31.0. The molecule has 3 aromatic rings. The molecule has 4 rings (SSSR count). The Morgan fingerprint density at radius 1 is 0.963 bits per heavy atom. The zero-order valence-corrected chi connectivity index (χ0v) is 32.7. The highest BCUT2D eigenvalue weighted by atomic mass is 32.2. The van der Waals surface area contributed by atoms with Gasteiger partial charge in [-0.2, -0.15) is 0 Å². The van der Waals surface area contributed by atoms with Crippen LogP contribution in [-0.2, 0) is 28.7 Å². The summed E-state index contributed by atoms with van der Waals surface area (Å²) in [4.78, 5) is 65.6. The van der Waals surface area contributed by atoms with Gasteiger partial charge < -0.3 is 35.8 Å². The number of hydrogen-bond donors (Lipinski definition) is 4. The molecule has 1 saturated heterocycles. The SMILES string of the molecule is CSc1ccc(C(CS[C@H]2C(=O)N(c3ccc(F)cc3)[C@@H]2c2ccc(OCC(=O)NCC(=O)N[C@@H](C(=O)O)C(C)(C)C)cc2)OC(=O)[C@@H](N)C(C)C)cc1. The van der Waals surface area contributed by atoms with Crippen molar-refractivity contribution in [1.29, 1.82) is 0 Å². The summed E-state index contributed by atoms with van der Waals surface area (Å²) in [5.74, 6) is -3.11. The maximum Gasteiger partial charge on any atom is 0.326 e. The maximum absolute atomic E-state index is 13.8. The van der Waals surface area contributed by atoms with Gasteiger partial charge in [0.15, 0.2) is 6.61 Å². The van der Waals surface area contributed by atoms with Crippen molar-refractivity contribution in [1.82, 2.24) is 10.6 Å². The molecule has 290 valence electrons. The number of carboxylic acids is 1. The fourth-order valence-corrected chi connectivity index (χ4v) is 7.31. The van der Waals surface area contributed by atoms with E-state index in [1.54, 1.807) is 61.7 Å². The number of carboxylic acid groups (broad SMARTS) is 1. The third-order valence-electron chi connectivity index (χ3n) is 8.77. The normalized spacial score (nSPS) is 17.2. The fraction of sp³-hybridized carbons (Fsp3) is 0.410. The van der Waals surface area contributed by atoms with Crippen molar-refractivity contribution in [3.8, 4) is 5.75 Å². The van der Waals surface area contributed by atoms with Gasteiger partial charge in [-0.3, -0.25) is 19.2 Å². The molecule has 0 aliphatic carbocycles. The summed E-state index contributed by atoms with van der Waals surface area (Å²) in [7, 11) is 0. The number of aliphatic carboxylic acids is 1. The molecule has 1 heterocycles. The first-order chi connectivity index (χ1) is 25.5. The monoisotopic (exact) mass is 782 g/mol. The Labute approximate surface area is 323 Å². The third-order valence-corrected chi connectivity index (χ3v) is 10.8. The average molecular weight is 783 g/mol. The van der Waals surface area contributed by atoms with E-state index in [1.165, 1.54) is 36.0 Å². The summed E-state index contributed by atoms with van der Waals surface area (Å²) in [5.41, 5.74) is 7.41. The number of benzene rings is 3. The summed E-state index contributed by atoms with van der Waals surface area (Å²) in [6, 6.07) is 17.7. The molecule has 12 nitrogen and oxygen atoms in total. The second-order valence-corrected chi connectivity index (χ2v) is 16.2. The predicted octanol–water partition coefficient (Wildman–Crippen LogP) is 5.12. The maximum atomic E-state index is 13.8. The zero-order chi connectivity index (χ0) is 39.7. The summed E-state index contributed by atoms with van der Waals surface area (Å²) < 4.78 is 25.4. The van der Waals surface area contributed by atoms with Crippen molar-refractivity contribution in [3.63, 3.8) is 0 Å². The van der Waals surface area contributed by atoms with Crippen molar-refractivity contribution >= 4 is 58.9 Å². The lowest BCUT2D eigenvalue weighted by molar-refractivity contribution is -0.151. The number of amides is 3. The summed E-state index contributed by atoms with van der Waals surface area (Å²) >= 11 is 2.93. The molecule has 15 heteroatoms. The van der Waals surface area contributed by atoms with E-state index in [0.29, 0.717) is 11.4 Å². The first kappa shape index (κ1) is 42.1. The van der Waals surface area contributed by atoms with Crippen LogP contribution in [0.1, 0.15) is 57.9 Å². The van der Waals surface area contributed by atoms with Gasteiger partial charge in [-0.1, -0.05) is 58.9 Å². The highest BCUT2D eigenvalue weighted by Crippen LogP contribution is 2.46. The van der Waals surface area contributed by atoms with Gasteiger partial charge in [-0.25, -0.2) is 9.18 Å². The number of halogens is 1. The lowest BCUT2D eigenvalue weighted by atomic mass is 9.87. The molecule has 3 aromatic carbocycles. The highest BCUT2D eigenvalue weighted by molar-refractivity contribution is 8.00. The molecule has 5 N–H and O–H groups in total. The second kappa shape index (κ2) is 18.6. The van der Waals surface area contributed by atoms with Gasteiger partial charge in [0.25, 0.3) is 5.91 Å². The molecule has 1 aliphatic rings. The second-order valence-electron chi connectivity index (χ2n) is 14.2. The number of ether oxygens (including phenoxy) is 2. The predicted molar refractivity (Wildman–Crippen MR) is 207 cm³/mol. The van der Waals surface area contributed by atoms with Gasteiger partial charge in [0.1, 0.15) is 35.0 Å². The molecule has 1 fully saturated rings. The third kappa shape index (κ3) is 11.0. The molecule has 0 radical (unpaired) electrons. The molecule has 1 aliphatic heterocycles. The van der Waals surface area contributed by atoms with Gasteiger partial charge >= 0.3 is 11.9 Å². The van der Waals surface area contributed by atoms with E-state index >= 15 is 0 Å². The number of nitrogens with two attached hydrogens (primary N) is 1. The number of nitrogens with zero attached hydrogens (tertiary/aromatic N) is 1. The number of rotatable bonds is 17. The van der Waals surface area contributed by atoms with E-state index in [1.807, 2.05) is 44.4 Å². The Morgan fingerprint density at radius 2 is 1.59 bits per heavy atom. The molecular formula is C39H47FN4O8S2. The smallest absolute Gasteiger partial charge is 0.326 e. The minimum absolute atomic E-state index is 0.133. The minimum atomic E-state index is -1.18. The first-order valence-electron chi connectivity index (χ1n) is 17.3. The van der Waals surface area contributed by atoms with E-state index in [9.17, 15) is 33.5 Å². The number of β-lactam (4-membered cyclic amide) rings is 1. The molecular weight excluding hydrogens is 736 g/mol. The van der Waals surface area contributed by atoms with Crippen LogP contribution in [0.3, 0.4) is 0 Å². The van der Waals surface area contributed by atoms with Crippen molar-refractivity contribution in [2.24, 2.45) is 17.1 Å². The Balaban J connectivity index is 1.46. The van der Waals surface area contributed by atoms with Crippen molar-refractivity contribution in [3.05, 3.63) is 89.7 Å². The van der Waals surface area contributed by atoms with E-state index in [2.05, 4.69) is 10.6 Å². The van der Waals surface area contributed by atoms with Crippen LogP contribution < -0.4 is 26.0 Å². The molecule has 3 amide bonds. The van der Waals surface area contributed by atoms with E-state index in [0.717, 1.165) is 16.0 Å². The lowest BCUT2D eigenvalue weighted by Crippen LogP contribution is -2.57. The van der Waals surface area contributed by atoms with Crippen LogP contribution >= 0.6 is 23.5 Å². The van der Waals surface area contributed by atoms with Crippen LogP contribution in [0.15, 0.2) is 77.7 Å². The van der Waals surface area contributed by atoms with Crippen molar-refractivity contribution < 1.29 is 42.9 Å². The number of esters is 1. The summed E-state index contributed by atoms with van der Waals surface area (Å²) in [6.07, 6.45) is 1.29. The van der Waals surface area contributed by atoms with Gasteiger partial charge in [-0.15, -0.1) is 23.5 Å². The van der Waals surface area contributed by atoms with E-state index in [4.69, 9.17) is 15.2 Å². The molecule has 0 aromatic heterocycles. The molecule has 54 heavy (non-hydrogen) atoms. The number of thioether (sulfide) groups is 2. The van der Waals surface area contributed by atoms with Crippen LogP contribution in [0.25, 0.3) is 0 Å². The lowest BCUT2D eigenvalue weighted by Gasteiger charge is -2.47. The quantitative estimate of drug-likeness (QED) is 0.0813. The first-order valence-corrected chi connectivity index (χ1v) is 19.6. The Kier molecular flexibility index (Phi) is 14.5. The van der Waals surface area contributed by atoms with Crippen LogP contribution in [0.2, 0.25) is 0 Å². The fourth-order valence-electron chi connectivity index (χ4n) is 5.54.